The van der Waals surface area contributed by atoms with Crippen LogP contribution in [-0.2, 0) is 32.4 Å². The van der Waals surface area contributed by atoms with Crippen LogP contribution >= 0.6 is 7.82 Å². The zero-order valence-corrected chi connectivity index (χ0v) is 9.75. The van der Waals surface area contributed by atoms with Crippen molar-refractivity contribution < 1.29 is 30.7 Å². The van der Waals surface area contributed by atoms with Crippen LogP contribution in [0.1, 0.15) is 0 Å². The lowest BCUT2D eigenvalue weighted by atomic mass is 9.93. The first-order chi connectivity index (χ1) is 6.83. The van der Waals surface area contributed by atoms with Crippen molar-refractivity contribution in [2.75, 3.05) is 32.7 Å². The van der Waals surface area contributed by atoms with Crippen LogP contribution in [0.4, 0.5) is 0 Å². The lowest BCUT2D eigenvalue weighted by molar-refractivity contribution is -0.109. The van der Waals surface area contributed by atoms with E-state index in [2.05, 4.69) is 4.18 Å². The molecule has 0 amide bonds. The fraction of sp³-hybridized carbons (Fsp3) is 1.00. The van der Waals surface area contributed by atoms with Gasteiger partial charge in [-0.3, -0.25) is 17.8 Å². The number of rotatable bonds is 3. The predicted octanol–water partition coefficient (Wildman–Crippen LogP) is 0.134. The van der Waals surface area contributed by atoms with Crippen LogP contribution < -0.4 is 0 Å². The van der Waals surface area contributed by atoms with E-state index in [9.17, 15) is 13.0 Å². The summed E-state index contributed by atoms with van der Waals surface area (Å²) >= 11 is 0. The smallest absolute Gasteiger partial charge is 0.286 e. The molecule has 0 N–H and O–H groups in total. The second kappa shape index (κ2) is 3.51. The molecule has 3 rings (SSSR count). The van der Waals surface area contributed by atoms with Crippen molar-refractivity contribution in [3.63, 3.8) is 0 Å². The molecule has 0 aromatic heterocycles. The van der Waals surface area contributed by atoms with Crippen molar-refractivity contribution in [3.05, 3.63) is 0 Å². The third-order valence-electron chi connectivity index (χ3n) is 2.17. The van der Waals surface area contributed by atoms with Gasteiger partial charge < -0.3 is 0 Å². The average Bonchev–Trinajstić information content (AvgIpc) is 2.16. The van der Waals surface area contributed by atoms with Crippen molar-refractivity contribution in [2.24, 2.45) is 5.41 Å². The number of fused-ring (bicyclic) bond motifs is 3. The Balaban J connectivity index is 2.01. The highest BCUT2D eigenvalue weighted by Gasteiger charge is 2.51. The van der Waals surface area contributed by atoms with E-state index < -0.39 is 23.4 Å². The fourth-order valence-corrected chi connectivity index (χ4v) is 3.23. The van der Waals surface area contributed by atoms with Gasteiger partial charge in [0.05, 0.1) is 38.1 Å². The molecule has 3 aliphatic heterocycles. The van der Waals surface area contributed by atoms with E-state index in [1.54, 1.807) is 0 Å². The van der Waals surface area contributed by atoms with Crippen LogP contribution in [0.15, 0.2) is 0 Å². The number of phosphoric ester groups is 1. The molecule has 0 atom stereocenters. The van der Waals surface area contributed by atoms with Gasteiger partial charge in [0.15, 0.2) is 0 Å². The van der Waals surface area contributed by atoms with Gasteiger partial charge in [-0.1, -0.05) is 0 Å². The van der Waals surface area contributed by atoms with Crippen LogP contribution in [0.5, 0.6) is 0 Å². The van der Waals surface area contributed by atoms with Crippen LogP contribution in [0.2, 0.25) is 0 Å². The molecule has 0 unspecified atom stereocenters. The van der Waals surface area contributed by atoms with Crippen LogP contribution in [-0.4, -0.2) is 41.1 Å². The molecule has 3 saturated heterocycles. The Bertz CT molecular complexity index is 370. The molecule has 3 heterocycles. The summed E-state index contributed by atoms with van der Waals surface area (Å²) in [6, 6.07) is 0. The minimum Gasteiger partial charge on any atom is -0.286 e. The molecular weight excluding hydrogens is 247 g/mol. The average molecular weight is 258 g/mol. The van der Waals surface area contributed by atoms with E-state index >= 15 is 0 Å². The lowest BCUT2D eigenvalue weighted by Crippen LogP contribution is -2.48. The third-order valence-corrected chi connectivity index (χ3v) is 4.05. The first kappa shape index (κ1) is 11.5. The summed E-state index contributed by atoms with van der Waals surface area (Å²) in [6.07, 6.45) is 0.961. The SMILES string of the molecule is CS(=O)(=O)OCC12COP(=O)(OC1)OC2. The molecule has 7 nitrogen and oxygen atoms in total. The topological polar surface area (TPSA) is 88.1 Å². The summed E-state index contributed by atoms with van der Waals surface area (Å²) in [4.78, 5) is 0. The molecule has 0 aromatic carbocycles. The highest BCUT2D eigenvalue weighted by atomic mass is 32.2. The highest BCUT2D eigenvalue weighted by molar-refractivity contribution is 7.85. The van der Waals surface area contributed by atoms with Gasteiger partial charge in [0.2, 0.25) is 0 Å². The molecule has 0 spiro atoms. The molecule has 0 aromatic rings. The number of phosphoric acid groups is 1. The van der Waals surface area contributed by atoms with E-state index in [4.69, 9.17) is 13.6 Å². The van der Waals surface area contributed by atoms with Crippen LogP contribution in [0.3, 0.4) is 0 Å². The monoisotopic (exact) mass is 258 g/mol. The van der Waals surface area contributed by atoms with Gasteiger partial charge in [-0.05, 0) is 0 Å². The summed E-state index contributed by atoms with van der Waals surface area (Å²) in [5.41, 5.74) is -0.671. The molecule has 0 aliphatic carbocycles. The molecule has 88 valence electrons. The minimum atomic E-state index is -3.51. The number of hydrogen-bond donors (Lipinski definition) is 0. The Labute approximate surface area is 87.4 Å². The van der Waals surface area contributed by atoms with Crippen LogP contribution in [0.25, 0.3) is 0 Å². The second-order valence-corrected chi connectivity index (χ2v) is 7.05. The first-order valence-electron chi connectivity index (χ1n) is 4.21. The molecule has 0 radical (unpaired) electrons. The van der Waals surface area contributed by atoms with Gasteiger partial charge in [0.25, 0.3) is 10.1 Å². The van der Waals surface area contributed by atoms with Crippen molar-refractivity contribution in [2.45, 2.75) is 0 Å². The molecule has 15 heavy (non-hydrogen) atoms. The van der Waals surface area contributed by atoms with E-state index in [-0.39, 0.29) is 26.4 Å². The molecule has 3 aliphatic rings. The van der Waals surface area contributed by atoms with Crippen molar-refractivity contribution in [1.29, 1.82) is 0 Å². The van der Waals surface area contributed by atoms with Crippen molar-refractivity contribution in [3.8, 4) is 0 Å². The highest BCUT2D eigenvalue weighted by Crippen LogP contribution is 2.59. The van der Waals surface area contributed by atoms with E-state index in [0.717, 1.165) is 6.26 Å². The minimum absolute atomic E-state index is 0.0914. The first-order valence-corrected chi connectivity index (χ1v) is 7.48. The Kier molecular flexibility index (Phi) is 2.69. The molecule has 0 saturated carbocycles. The van der Waals surface area contributed by atoms with Crippen LogP contribution in [0, 0.1) is 5.41 Å². The molecule has 2 bridgehead atoms. The van der Waals surface area contributed by atoms with Gasteiger partial charge in [0, 0.05) is 0 Å². The molecule has 3 fully saturated rings. The number of hydrogen-bond acceptors (Lipinski definition) is 7. The maximum absolute atomic E-state index is 11.4. The lowest BCUT2D eigenvalue weighted by Gasteiger charge is -2.43. The summed E-state index contributed by atoms with van der Waals surface area (Å²) < 4.78 is 52.2. The third kappa shape index (κ3) is 2.58. The molecule has 9 heteroatoms. The maximum Gasteiger partial charge on any atom is 0.474 e. The van der Waals surface area contributed by atoms with Gasteiger partial charge in [-0.25, -0.2) is 4.57 Å². The normalized spacial score (nSPS) is 40.6. The van der Waals surface area contributed by atoms with Gasteiger partial charge >= 0.3 is 7.82 Å². The second-order valence-electron chi connectivity index (χ2n) is 3.73. The summed E-state index contributed by atoms with van der Waals surface area (Å²) in [5.74, 6) is 0. The van der Waals surface area contributed by atoms with Crippen molar-refractivity contribution in [1.82, 2.24) is 0 Å². The van der Waals surface area contributed by atoms with Crippen molar-refractivity contribution >= 4 is 17.9 Å². The van der Waals surface area contributed by atoms with E-state index in [0.29, 0.717) is 0 Å². The van der Waals surface area contributed by atoms with Gasteiger partial charge in [0.1, 0.15) is 0 Å². The Morgan fingerprint density at radius 3 is 2.13 bits per heavy atom. The zero-order chi connectivity index (χ0) is 11.2. The predicted molar refractivity (Wildman–Crippen MR) is 48.7 cm³/mol. The van der Waals surface area contributed by atoms with E-state index in [1.165, 1.54) is 0 Å². The quantitative estimate of drug-likeness (QED) is 0.525. The molecular formula is C6H11O7PS. The maximum atomic E-state index is 11.4. The van der Waals surface area contributed by atoms with Gasteiger partial charge in [-0.2, -0.15) is 8.42 Å². The summed E-state index contributed by atoms with van der Waals surface area (Å²) in [5, 5.41) is 0. The standard InChI is InChI=1S/C6H11O7PS/c1-15(8,9)13-5-6-2-10-14(7,11-3-6)12-4-6/h2-5H2,1H3. The summed E-state index contributed by atoms with van der Waals surface area (Å²) in [7, 11) is -6.85. The zero-order valence-electron chi connectivity index (χ0n) is 8.04. The Hall–Kier alpha value is 0.0200. The Morgan fingerprint density at radius 1 is 1.27 bits per heavy atom. The fourth-order valence-electron chi connectivity index (χ4n) is 1.24. The Morgan fingerprint density at radius 2 is 1.73 bits per heavy atom. The van der Waals surface area contributed by atoms with E-state index in [1.807, 2.05) is 0 Å². The summed E-state index contributed by atoms with van der Waals surface area (Å²) in [6.45, 7) is 0.283. The largest absolute Gasteiger partial charge is 0.474 e. The van der Waals surface area contributed by atoms with Gasteiger partial charge in [-0.15, -0.1) is 0 Å².